The molecule has 0 aromatic carbocycles. The molecule has 0 saturated heterocycles. The standard InChI is InChI=1S/C17H25N3S/c1-3-18-16(8-7-13-11-19-20(2)12-13)14-5-4-6-17-15(14)9-10-21-17/h9-12,14,16,18H,3-8H2,1-2H3. The number of hydrogen-bond acceptors (Lipinski definition) is 3. The quantitative estimate of drug-likeness (QED) is 0.885. The molecule has 2 heterocycles. The molecule has 0 bridgehead atoms. The van der Waals surface area contributed by atoms with E-state index in [-0.39, 0.29) is 0 Å². The molecule has 0 radical (unpaired) electrons. The van der Waals surface area contributed by atoms with Crippen molar-refractivity contribution in [2.24, 2.45) is 7.05 Å². The minimum atomic E-state index is 0.587. The normalized spacial score (nSPS) is 19.4. The van der Waals surface area contributed by atoms with Gasteiger partial charge < -0.3 is 5.32 Å². The maximum absolute atomic E-state index is 4.28. The van der Waals surface area contributed by atoms with Crippen molar-refractivity contribution in [1.29, 1.82) is 0 Å². The van der Waals surface area contributed by atoms with Crippen molar-refractivity contribution < 1.29 is 0 Å². The fourth-order valence-corrected chi connectivity index (χ4v) is 4.57. The molecule has 0 spiro atoms. The zero-order chi connectivity index (χ0) is 14.7. The van der Waals surface area contributed by atoms with Crippen LogP contribution in [0.4, 0.5) is 0 Å². The third-order valence-corrected chi connectivity index (χ3v) is 5.55. The molecule has 2 aromatic rings. The van der Waals surface area contributed by atoms with Crippen LogP contribution in [-0.4, -0.2) is 22.4 Å². The van der Waals surface area contributed by atoms with E-state index in [0.29, 0.717) is 12.0 Å². The third-order valence-electron chi connectivity index (χ3n) is 4.55. The van der Waals surface area contributed by atoms with Gasteiger partial charge in [0.2, 0.25) is 0 Å². The van der Waals surface area contributed by atoms with Crippen molar-refractivity contribution >= 4 is 11.3 Å². The highest BCUT2D eigenvalue weighted by atomic mass is 32.1. The molecule has 0 saturated carbocycles. The number of aryl methyl sites for hydroxylation is 3. The van der Waals surface area contributed by atoms with E-state index in [9.17, 15) is 0 Å². The van der Waals surface area contributed by atoms with E-state index >= 15 is 0 Å². The molecular formula is C17H25N3S. The second kappa shape index (κ2) is 6.75. The summed E-state index contributed by atoms with van der Waals surface area (Å²) >= 11 is 1.94. The van der Waals surface area contributed by atoms with Crippen molar-refractivity contribution in [3.63, 3.8) is 0 Å². The topological polar surface area (TPSA) is 29.9 Å². The van der Waals surface area contributed by atoms with E-state index in [2.05, 4.69) is 35.0 Å². The van der Waals surface area contributed by atoms with Crippen LogP contribution in [0, 0.1) is 0 Å². The number of hydrogen-bond donors (Lipinski definition) is 1. The summed E-state index contributed by atoms with van der Waals surface area (Å²) in [6.45, 7) is 3.27. The molecular weight excluding hydrogens is 278 g/mol. The van der Waals surface area contributed by atoms with Gasteiger partial charge in [0.05, 0.1) is 6.20 Å². The number of nitrogens with zero attached hydrogens (tertiary/aromatic N) is 2. The maximum Gasteiger partial charge on any atom is 0.0521 e. The Hall–Kier alpha value is -1.13. The Kier molecular flexibility index (Phi) is 4.76. The summed E-state index contributed by atoms with van der Waals surface area (Å²) in [6.07, 6.45) is 10.4. The first-order chi connectivity index (χ1) is 10.3. The molecule has 0 fully saturated rings. The van der Waals surface area contributed by atoms with Crippen LogP contribution in [0.15, 0.2) is 23.8 Å². The summed E-state index contributed by atoms with van der Waals surface area (Å²) < 4.78 is 1.90. The highest BCUT2D eigenvalue weighted by Crippen LogP contribution is 2.38. The predicted octanol–water partition coefficient (Wildman–Crippen LogP) is 3.51. The zero-order valence-corrected chi connectivity index (χ0v) is 13.8. The van der Waals surface area contributed by atoms with E-state index < -0.39 is 0 Å². The number of rotatable bonds is 6. The van der Waals surface area contributed by atoms with E-state index in [1.807, 2.05) is 29.3 Å². The molecule has 114 valence electrons. The van der Waals surface area contributed by atoms with Crippen molar-refractivity contribution in [2.45, 2.75) is 51.0 Å². The second-order valence-corrected chi connectivity index (χ2v) is 7.02. The summed E-state index contributed by atoms with van der Waals surface area (Å²) in [5.74, 6) is 0.691. The van der Waals surface area contributed by atoms with Crippen molar-refractivity contribution in [3.05, 3.63) is 39.8 Å². The largest absolute Gasteiger partial charge is 0.314 e. The minimum absolute atomic E-state index is 0.587. The lowest BCUT2D eigenvalue weighted by molar-refractivity contribution is 0.381. The fourth-order valence-electron chi connectivity index (χ4n) is 3.57. The Morgan fingerprint density at radius 3 is 3.19 bits per heavy atom. The van der Waals surface area contributed by atoms with E-state index in [1.54, 1.807) is 10.4 Å². The maximum atomic E-state index is 4.28. The van der Waals surface area contributed by atoms with Crippen LogP contribution in [0.2, 0.25) is 0 Å². The molecule has 1 aliphatic carbocycles. The molecule has 3 rings (SSSR count). The lowest BCUT2D eigenvalue weighted by Gasteiger charge is -2.31. The van der Waals surface area contributed by atoms with E-state index in [1.165, 1.54) is 31.2 Å². The van der Waals surface area contributed by atoms with Gasteiger partial charge >= 0.3 is 0 Å². The molecule has 1 N–H and O–H groups in total. The second-order valence-electron chi connectivity index (χ2n) is 6.02. The Morgan fingerprint density at radius 1 is 1.52 bits per heavy atom. The van der Waals surface area contributed by atoms with E-state index in [0.717, 1.165) is 13.0 Å². The summed E-state index contributed by atoms with van der Waals surface area (Å²) in [4.78, 5) is 1.62. The van der Waals surface area contributed by atoms with Crippen LogP contribution in [0.5, 0.6) is 0 Å². The van der Waals surface area contributed by atoms with Crippen LogP contribution in [0.25, 0.3) is 0 Å². The van der Waals surface area contributed by atoms with Gasteiger partial charge in [0.25, 0.3) is 0 Å². The molecule has 0 aliphatic heterocycles. The number of aromatic nitrogens is 2. The van der Waals surface area contributed by atoms with Gasteiger partial charge in [-0.25, -0.2) is 0 Å². The van der Waals surface area contributed by atoms with Gasteiger partial charge in [-0.3, -0.25) is 4.68 Å². The first kappa shape index (κ1) is 14.8. The molecule has 0 amide bonds. The monoisotopic (exact) mass is 303 g/mol. The van der Waals surface area contributed by atoms with Gasteiger partial charge in [-0.05, 0) is 61.2 Å². The number of fused-ring (bicyclic) bond motifs is 1. The van der Waals surface area contributed by atoms with Gasteiger partial charge in [0.1, 0.15) is 0 Å². The predicted molar refractivity (Wildman–Crippen MR) is 89.0 cm³/mol. The molecule has 21 heavy (non-hydrogen) atoms. The van der Waals surface area contributed by atoms with Crippen LogP contribution >= 0.6 is 11.3 Å². The number of likely N-dealkylation sites (N-methyl/N-ethyl adjacent to an activating group) is 1. The van der Waals surface area contributed by atoms with Crippen LogP contribution in [-0.2, 0) is 19.9 Å². The highest BCUT2D eigenvalue weighted by Gasteiger charge is 2.28. The molecule has 3 nitrogen and oxygen atoms in total. The molecule has 1 aliphatic rings. The van der Waals surface area contributed by atoms with Gasteiger partial charge in [-0.15, -0.1) is 11.3 Å². The lowest BCUT2D eigenvalue weighted by atomic mass is 9.80. The Labute approximate surface area is 131 Å². The van der Waals surface area contributed by atoms with Gasteiger partial charge in [0, 0.05) is 30.1 Å². The van der Waals surface area contributed by atoms with E-state index in [4.69, 9.17) is 0 Å². The van der Waals surface area contributed by atoms with Crippen LogP contribution in [0.3, 0.4) is 0 Å². The van der Waals surface area contributed by atoms with Crippen molar-refractivity contribution in [1.82, 2.24) is 15.1 Å². The number of nitrogens with one attached hydrogen (secondary N) is 1. The average molecular weight is 303 g/mol. The number of thiophene rings is 1. The van der Waals surface area contributed by atoms with Crippen molar-refractivity contribution in [2.75, 3.05) is 6.54 Å². The third kappa shape index (κ3) is 3.38. The van der Waals surface area contributed by atoms with Gasteiger partial charge in [0.15, 0.2) is 0 Å². The smallest absolute Gasteiger partial charge is 0.0521 e. The first-order valence-corrected chi connectivity index (χ1v) is 8.93. The van der Waals surface area contributed by atoms with Gasteiger partial charge in [-0.2, -0.15) is 5.10 Å². The summed E-state index contributed by atoms with van der Waals surface area (Å²) in [6, 6.07) is 2.95. The summed E-state index contributed by atoms with van der Waals surface area (Å²) in [5.41, 5.74) is 2.96. The molecule has 4 heteroatoms. The molecule has 2 atom stereocenters. The van der Waals surface area contributed by atoms with Crippen LogP contribution in [0.1, 0.15) is 48.1 Å². The van der Waals surface area contributed by atoms with Crippen molar-refractivity contribution in [3.8, 4) is 0 Å². The molecule has 2 aromatic heterocycles. The van der Waals surface area contributed by atoms with Gasteiger partial charge in [-0.1, -0.05) is 6.92 Å². The summed E-state index contributed by atoms with van der Waals surface area (Å²) in [5, 5.41) is 10.3. The Morgan fingerprint density at radius 2 is 2.43 bits per heavy atom. The Balaban J connectivity index is 1.70. The highest BCUT2D eigenvalue weighted by molar-refractivity contribution is 7.10. The zero-order valence-electron chi connectivity index (χ0n) is 13.0. The lowest BCUT2D eigenvalue weighted by Crippen LogP contribution is -2.36. The molecule has 2 unspecified atom stereocenters. The average Bonchev–Trinajstić information content (AvgIpc) is 3.11. The summed E-state index contributed by atoms with van der Waals surface area (Å²) in [7, 11) is 1.99. The van der Waals surface area contributed by atoms with Crippen LogP contribution < -0.4 is 5.32 Å². The fraction of sp³-hybridized carbons (Fsp3) is 0.588. The SMILES string of the molecule is CCNC(CCc1cnn(C)c1)C1CCCc2sccc21. The minimum Gasteiger partial charge on any atom is -0.314 e. The Bertz CT molecular complexity index is 572. The first-order valence-electron chi connectivity index (χ1n) is 8.05.